The molecule has 4 aromatic heterocycles. The van der Waals surface area contributed by atoms with E-state index in [0.29, 0.717) is 23.8 Å². The van der Waals surface area contributed by atoms with Gasteiger partial charge in [0.05, 0.1) is 30.6 Å². The molecule has 216 valence electrons. The summed E-state index contributed by atoms with van der Waals surface area (Å²) < 4.78 is 7.57. The van der Waals surface area contributed by atoms with Crippen LogP contribution in [0.4, 0.5) is 17.3 Å². The molecule has 0 saturated heterocycles. The molecular formula is C33H31N7O2S. The number of rotatable bonds is 10. The second-order valence-corrected chi connectivity index (χ2v) is 11.3. The Morgan fingerprint density at radius 2 is 1.88 bits per heavy atom. The van der Waals surface area contributed by atoms with E-state index in [1.54, 1.807) is 24.6 Å². The lowest BCUT2D eigenvalue weighted by Crippen LogP contribution is -2.13. The van der Waals surface area contributed by atoms with Crippen LogP contribution in [0.15, 0.2) is 96.6 Å². The second-order valence-electron chi connectivity index (χ2n) is 10.3. The van der Waals surface area contributed by atoms with Crippen molar-refractivity contribution in [2.45, 2.75) is 13.0 Å². The first-order valence-corrected chi connectivity index (χ1v) is 14.7. The average molecular weight is 590 g/mol. The number of fused-ring (bicyclic) bond motifs is 1. The molecule has 9 nitrogen and oxygen atoms in total. The molecule has 0 bridgehead atoms. The summed E-state index contributed by atoms with van der Waals surface area (Å²) >= 11 is 1.57. The van der Waals surface area contributed by atoms with Crippen LogP contribution in [0.1, 0.15) is 10.4 Å². The summed E-state index contributed by atoms with van der Waals surface area (Å²) in [4.78, 5) is 30.2. The van der Waals surface area contributed by atoms with Gasteiger partial charge in [-0.25, -0.2) is 15.0 Å². The van der Waals surface area contributed by atoms with Crippen LogP contribution >= 0.6 is 11.3 Å². The number of hydrogen-bond acceptors (Lipinski definition) is 8. The summed E-state index contributed by atoms with van der Waals surface area (Å²) in [5, 5.41) is 8.36. The van der Waals surface area contributed by atoms with Gasteiger partial charge < -0.3 is 20.3 Å². The van der Waals surface area contributed by atoms with Crippen molar-refractivity contribution in [1.29, 1.82) is 0 Å². The third-order valence-corrected chi connectivity index (χ3v) is 7.66. The van der Waals surface area contributed by atoms with Crippen LogP contribution in [0.2, 0.25) is 0 Å². The standard InChI is InChI=1S/C33H31N7O2S/c1-39(2)21-23-19-25(12-13-28(23)42-3)36-33-34-15-14-27(37-33)32-31(38-29-11-4-5-16-40(29)32)22-8-6-9-24(18-22)35-30(41)20-26-10-7-17-43-26/h4-19H,20-21H2,1-3H3,(H,35,41)(H,34,36,37). The van der Waals surface area contributed by atoms with E-state index in [0.717, 1.165) is 51.0 Å². The number of imidazole rings is 1. The van der Waals surface area contributed by atoms with Gasteiger partial charge in [-0.05, 0) is 74.1 Å². The van der Waals surface area contributed by atoms with Gasteiger partial charge in [-0.2, -0.15) is 0 Å². The monoisotopic (exact) mass is 589 g/mol. The van der Waals surface area contributed by atoms with Crippen LogP contribution < -0.4 is 15.4 Å². The van der Waals surface area contributed by atoms with E-state index in [1.807, 2.05) is 109 Å². The van der Waals surface area contributed by atoms with Gasteiger partial charge in [-0.1, -0.05) is 24.3 Å². The third-order valence-electron chi connectivity index (χ3n) is 6.79. The van der Waals surface area contributed by atoms with Crippen molar-refractivity contribution in [3.8, 4) is 28.4 Å². The molecule has 2 aromatic carbocycles. The van der Waals surface area contributed by atoms with Crippen LogP contribution in [0.3, 0.4) is 0 Å². The normalized spacial score (nSPS) is 11.2. The highest BCUT2D eigenvalue weighted by Crippen LogP contribution is 2.34. The number of carbonyl (C=O) groups is 1. The molecule has 43 heavy (non-hydrogen) atoms. The molecule has 1 amide bonds. The Morgan fingerprint density at radius 1 is 0.977 bits per heavy atom. The van der Waals surface area contributed by atoms with Gasteiger partial charge in [0.2, 0.25) is 11.9 Å². The number of ether oxygens (including phenoxy) is 1. The number of nitrogens with zero attached hydrogens (tertiary/aromatic N) is 5. The minimum Gasteiger partial charge on any atom is -0.496 e. The fourth-order valence-electron chi connectivity index (χ4n) is 4.96. The first kappa shape index (κ1) is 28.1. The Labute approximate surface area is 253 Å². The first-order chi connectivity index (χ1) is 21.0. The van der Waals surface area contributed by atoms with Crippen LogP contribution in [-0.4, -0.2) is 51.4 Å². The Hall–Kier alpha value is -5.06. The van der Waals surface area contributed by atoms with Gasteiger partial charge in [0.25, 0.3) is 0 Å². The highest BCUT2D eigenvalue weighted by atomic mass is 32.1. The Bertz CT molecular complexity index is 1880. The molecule has 0 aliphatic carbocycles. The first-order valence-electron chi connectivity index (χ1n) is 13.8. The Balaban J connectivity index is 1.33. The molecule has 6 aromatic rings. The quantitative estimate of drug-likeness (QED) is 0.188. The smallest absolute Gasteiger partial charge is 0.229 e. The van der Waals surface area contributed by atoms with Gasteiger partial charge in [0.1, 0.15) is 11.4 Å². The zero-order valence-electron chi connectivity index (χ0n) is 24.1. The molecule has 0 aliphatic heterocycles. The van der Waals surface area contributed by atoms with Crippen molar-refractivity contribution in [2.24, 2.45) is 0 Å². The Kier molecular flexibility index (Phi) is 8.12. The number of anilines is 3. The Morgan fingerprint density at radius 3 is 2.70 bits per heavy atom. The summed E-state index contributed by atoms with van der Waals surface area (Å²) in [6.45, 7) is 0.734. The van der Waals surface area contributed by atoms with Gasteiger partial charge >= 0.3 is 0 Å². The molecule has 0 unspecified atom stereocenters. The summed E-state index contributed by atoms with van der Waals surface area (Å²) in [5.74, 6) is 1.23. The predicted molar refractivity (Wildman–Crippen MR) is 172 cm³/mol. The van der Waals surface area contributed by atoms with Gasteiger partial charge in [0.15, 0.2) is 0 Å². The largest absolute Gasteiger partial charge is 0.496 e. The minimum atomic E-state index is -0.0615. The van der Waals surface area contributed by atoms with E-state index >= 15 is 0 Å². The third kappa shape index (κ3) is 6.40. The molecule has 10 heteroatoms. The fraction of sp³-hybridized carbons (Fsp3) is 0.152. The van der Waals surface area contributed by atoms with Crippen molar-refractivity contribution in [1.82, 2.24) is 24.3 Å². The number of amides is 1. The maximum atomic E-state index is 12.7. The van der Waals surface area contributed by atoms with Gasteiger partial charge in [-0.15, -0.1) is 11.3 Å². The summed E-state index contributed by atoms with van der Waals surface area (Å²) in [7, 11) is 5.72. The summed E-state index contributed by atoms with van der Waals surface area (Å²) in [6.07, 6.45) is 4.05. The molecule has 0 fully saturated rings. The number of pyridine rings is 1. The summed E-state index contributed by atoms with van der Waals surface area (Å²) in [5.41, 5.74) is 6.56. The second kappa shape index (κ2) is 12.4. The number of nitrogens with one attached hydrogen (secondary N) is 2. The van der Waals surface area contributed by atoms with E-state index in [-0.39, 0.29) is 5.91 Å². The fourth-order valence-corrected chi connectivity index (χ4v) is 5.67. The highest BCUT2D eigenvalue weighted by Gasteiger charge is 2.18. The number of methoxy groups -OCH3 is 1. The highest BCUT2D eigenvalue weighted by molar-refractivity contribution is 7.10. The average Bonchev–Trinajstić information content (AvgIpc) is 3.65. The van der Waals surface area contributed by atoms with E-state index < -0.39 is 0 Å². The maximum absolute atomic E-state index is 12.7. The topological polar surface area (TPSA) is 96.7 Å². The number of carbonyl (C=O) groups excluding carboxylic acids is 1. The number of hydrogen-bond donors (Lipinski definition) is 2. The SMILES string of the molecule is COc1ccc(Nc2nccc(-c3c(-c4cccc(NC(=O)Cc5cccs5)c4)nc4ccccn34)n2)cc1CN(C)C. The van der Waals surface area contributed by atoms with Gasteiger partial charge in [-0.3, -0.25) is 9.20 Å². The number of aromatic nitrogens is 4. The van der Waals surface area contributed by atoms with Crippen molar-refractivity contribution >= 4 is 40.2 Å². The van der Waals surface area contributed by atoms with Crippen molar-refractivity contribution < 1.29 is 9.53 Å². The molecule has 0 atom stereocenters. The minimum absolute atomic E-state index is 0.0615. The molecule has 0 saturated carbocycles. The molecule has 4 heterocycles. The van der Waals surface area contributed by atoms with Crippen LogP contribution in [-0.2, 0) is 17.8 Å². The number of benzene rings is 2. The molecule has 6 rings (SSSR count). The van der Waals surface area contributed by atoms with Crippen LogP contribution in [0.5, 0.6) is 5.75 Å². The zero-order valence-corrected chi connectivity index (χ0v) is 24.9. The van der Waals surface area contributed by atoms with E-state index in [2.05, 4.69) is 20.5 Å². The van der Waals surface area contributed by atoms with Crippen molar-refractivity contribution in [3.63, 3.8) is 0 Å². The van der Waals surface area contributed by atoms with Crippen LogP contribution in [0, 0.1) is 0 Å². The van der Waals surface area contributed by atoms with Crippen LogP contribution in [0.25, 0.3) is 28.3 Å². The predicted octanol–water partition coefficient (Wildman–Crippen LogP) is 6.51. The van der Waals surface area contributed by atoms with E-state index in [1.165, 1.54) is 0 Å². The summed E-state index contributed by atoms with van der Waals surface area (Å²) in [6, 6.07) is 25.4. The lowest BCUT2D eigenvalue weighted by molar-refractivity contribution is -0.115. The lowest BCUT2D eigenvalue weighted by atomic mass is 10.1. The maximum Gasteiger partial charge on any atom is 0.229 e. The molecule has 0 spiro atoms. The molecule has 0 radical (unpaired) electrons. The van der Waals surface area contributed by atoms with Crippen molar-refractivity contribution in [3.05, 3.63) is 107 Å². The van der Waals surface area contributed by atoms with Gasteiger partial charge in [0, 0.05) is 46.3 Å². The number of thiophene rings is 1. The molecule has 2 N–H and O–H groups in total. The molecular weight excluding hydrogens is 558 g/mol. The van der Waals surface area contributed by atoms with E-state index in [9.17, 15) is 4.79 Å². The van der Waals surface area contributed by atoms with E-state index in [4.69, 9.17) is 14.7 Å². The zero-order chi connectivity index (χ0) is 29.8. The lowest BCUT2D eigenvalue weighted by Gasteiger charge is -2.15. The molecule has 0 aliphatic rings. The van der Waals surface area contributed by atoms with Crippen molar-refractivity contribution in [2.75, 3.05) is 31.8 Å².